The molecule has 4 rings (SSSR count). The lowest BCUT2D eigenvalue weighted by atomic mass is 9.99. The van der Waals surface area contributed by atoms with Crippen LogP contribution in [-0.2, 0) is 24.3 Å². The summed E-state index contributed by atoms with van der Waals surface area (Å²) in [4.78, 5) is 12.3. The summed E-state index contributed by atoms with van der Waals surface area (Å²) in [5.74, 6) is 0.492. The smallest absolute Gasteiger partial charge is 0.393 e. The highest BCUT2D eigenvalue weighted by Gasteiger charge is 2.42. The summed E-state index contributed by atoms with van der Waals surface area (Å²) in [6.07, 6.45) is -4.90. The SMILES string of the molecule is C[C@@H](Oc1ccc2c(c1)OCO2)C(=O)NCc1nnc2n1C[C@H](C(F)(F)F)CC2. The van der Waals surface area contributed by atoms with Crippen LogP contribution >= 0.6 is 0 Å². The third-order valence-corrected chi connectivity index (χ3v) is 4.93. The summed E-state index contributed by atoms with van der Waals surface area (Å²) in [6.45, 7) is 1.43. The van der Waals surface area contributed by atoms with Crippen LogP contribution in [0.25, 0.3) is 0 Å². The van der Waals surface area contributed by atoms with Crippen molar-refractivity contribution in [2.45, 2.75) is 45.1 Å². The molecule has 1 aromatic carbocycles. The van der Waals surface area contributed by atoms with Crippen molar-refractivity contribution in [2.75, 3.05) is 6.79 Å². The summed E-state index contributed by atoms with van der Waals surface area (Å²) < 4.78 is 56.6. The van der Waals surface area contributed by atoms with Gasteiger partial charge < -0.3 is 24.1 Å². The molecule has 29 heavy (non-hydrogen) atoms. The third kappa shape index (κ3) is 4.08. The van der Waals surface area contributed by atoms with E-state index < -0.39 is 24.1 Å². The number of benzene rings is 1. The molecule has 1 aromatic heterocycles. The molecule has 8 nitrogen and oxygen atoms in total. The lowest BCUT2D eigenvalue weighted by Crippen LogP contribution is -2.37. The number of nitrogens with zero attached hydrogens (tertiary/aromatic N) is 3. The number of aryl methyl sites for hydroxylation is 1. The Balaban J connectivity index is 1.35. The average molecular weight is 412 g/mol. The number of alkyl halides is 3. The molecule has 0 saturated carbocycles. The first-order valence-electron chi connectivity index (χ1n) is 9.13. The van der Waals surface area contributed by atoms with E-state index in [9.17, 15) is 18.0 Å². The molecule has 0 unspecified atom stereocenters. The van der Waals surface area contributed by atoms with Crippen molar-refractivity contribution < 1.29 is 32.2 Å². The Morgan fingerprint density at radius 2 is 2.14 bits per heavy atom. The van der Waals surface area contributed by atoms with Crippen LogP contribution in [0.5, 0.6) is 17.2 Å². The van der Waals surface area contributed by atoms with Crippen LogP contribution in [0.1, 0.15) is 25.0 Å². The number of carbonyl (C=O) groups is 1. The van der Waals surface area contributed by atoms with Crippen molar-refractivity contribution in [3.63, 3.8) is 0 Å². The maximum Gasteiger partial charge on any atom is 0.393 e. The summed E-state index contributed by atoms with van der Waals surface area (Å²) in [6, 6.07) is 4.96. The number of amides is 1. The number of rotatable bonds is 5. The van der Waals surface area contributed by atoms with E-state index in [0.717, 1.165) is 0 Å². The second kappa shape index (κ2) is 7.45. The fourth-order valence-corrected chi connectivity index (χ4v) is 3.30. The van der Waals surface area contributed by atoms with E-state index in [1.165, 1.54) is 4.57 Å². The fraction of sp³-hybridized carbons (Fsp3) is 0.500. The zero-order chi connectivity index (χ0) is 20.6. The number of halogens is 3. The number of hydrogen-bond donors (Lipinski definition) is 1. The van der Waals surface area contributed by atoms with Crippen LogP contribution in [0, 0.1) is 5.92 Å². The second-order valence-corrected chi connectivity index (χ2v) is 6.91. The minimum absolute atomic E-state index is 0.00556. The van der Waals surface area contributed by atoms with Gasteiger partial charge in [0.15, 0.2) is 23.4 Å². The van der Waals surface area contributed by atoms with Gasteiger partial charge in [-0.15, -0.1) is 10.2 Å². The lowest BCUT2D eigenvalue weighted by molar-refractivity contribution is -0.182. The molecule has 11 heteroatoms. The Labute approximate surface area is 164 Å². The fourth-order valence-electron chi connectivity index (χ4n) is 3.30. The summed E-state index contributed by atoms with van der Waals surface area (Å²) in [5, 5.41) is 10.5. The van der Waals surface area contributed by atoms with Crippen LogP contribution in [0.4, 0.5) is 13.2 Å². The predicted octanol–water partition coefficient (Wildman–Crippen LogP) is 2.22. The van der Waals surface area contributed by atoms with E-state index in [4.69, 9.17) is 14.2 Å². The minimum atomic E-state index is -4.27. The minimum Gasteiger partial charge on any atom is -0.481 e. The molecule has 156 valence electrons. The largest absolute Gasteiger partial charge is 0.481 e. The number of aromatic nitrogens is 3. The van der Waals surface area contributed by atoms with Gasteiger partial charge in [0.05, 0.1) is 12.5 Å². The Morgan fingerprint density at radius 3 is 2.93 bits per heavy atom. The van der Waals surface area contributed by atoms with Crippen LogP contribution in [0.3, 0.4) is 0 Å². The summed E-state index contributed by atoms with van der Waals surface area (Å²) in [5.41, 5.74) is 0. The number of nitrogens with one attached hydrogen (secondary N) is 1. The molecular formula is C18H19F3N4O4. The zero-order valence-corrected chi connectivity index (χ0v) is 15.5. The van der Waals surface area contributed by atoms with Gasteiger partial charge in [-0.1, -0.05) is 0 Å². The second-order valence-electron chi connectivity index (χ2n) is 6.91. The molecule has 3 heterocycles. The van der Waals surface area contributed by atoms with Crippen molar-refractivity contribution in [1.82, 2.24) is 20.1 Å². The molecule has 2 atom stereocenters. The van der Waals surface area contributed by atoms with Gasteiger partial charge >= 0.3 is 6.18 Å². The first-order chi connectivity index (χ1) is 13.8. The molecular weight excluding hydrogens is 393 g/mol. The van der Waals surface area contributed by atoms with E-state index in [-0.39, 0.29) is 38.5 Å². The molecule has 0 bridgehead atoms. The highest BCUT2D eigenvalue weighted by atomic mass is 19.4. The van der Waals surface area contributed by atoms with Gasteiger partial charge in [0.1, 0.15) is 11.6 Å². The molecule has 2 aliphatic rings. The molecule has 1 N–H and O–H groups in total. The van der Waals surface area contributed by atoms with Crippen molar-refractivity contribution in [3.8, 4) is 17.2 Å². The Kier molecular flexibility index (Phi) is 4.97. The lowest BCUT2D eigenvalue weighted by Gasteiger charge is -2.26. The third-order valence-electron chi connectivity index (χ3n) is 4.93. The number of ether oxygens (including phenoxy) is 3. The van der Waals surface area contributed by atoms with E-state index in [1.54, 1.807) is 25.1 Å². The van der Waals surface area contributed by atoms with E-state index >= 15 is 0 Å². The van der Waals surface area contributed by atoms with Gasteiger partial charge in [-0.2, -0.15) is 13.2 Å². The van der Waals surface area contributed by atoms with Gasteiger partial charge in [0, 0.05) is 19.0 Å². The maximum atomic E-state index is 13.0. The molecule has 2 aromatic rings. The number of carbonyl (C=O) groups excluding carboxylic acids is 1. The summed E-state index contributed by atoms with van der Waals surface area (Å²) >= 11 is 0. The van der Waals surface area contributed by atoms with Gasteiger partial charge in [0.2, 0.25) is 6.79 Å². The highest BCUT2D eigenvalue weighted by Crippen LogP contribution is 2.36. The highest BCUT2D eigenvalue weighted by molar-refractivity contribution is 5.80. The summed E-state index contributed by atoms with van der Waals surface area (Å²) in [7, 11) is 0. The zero-order valence-electron chi connectivity index (χ0n) is 15.5. The van der Waals surface area contributed by atoms with E-state index in [1.807, 2.05) is 0 Å². The first-order valence-corrected chi connectivity index (χ1v) is 9.13. The van der Waals surface area contributed by atoms with Gasteiger partial charge in [-0.3, -0.25) is 4.79 Å². The van der Waals surface area contributed by atoms with Crippen molar-refractivity contribution >= 4 is 5.91 Å². The van der Waals surface area contributed by atoms with E-state index in [2.05, 4.69) is 15.5 Å². The Morgan fingerprint density at radius 1 is 1.34 bits per heavy atom. The molecule has 0 saturated heterocycles. The van der Waals surface area contributed by atoms with Gasteiger partial charge in [-0.25, -0.2) is 0 Å². The maximum absolute atomic E-state index is 13.0. The van der Waals surface area contributed by atoms with Crippen LogP contribution in [0.2, 0.25) is 0 Å². The van der Waals surface area contributed by atoms with Gasteiger partial charge in [0.25, 0.3) is 5.91 Å². The van der Waals surface area contributed by atoms with Crippen LogP contribution in [-0.4, -0.2) is 39.7 Å². The van der Waals surface area contributed by atoms with E-state index in [0.29, 0.717) is 23.1 Å². The first kappa shape index (κ1) is 19.3. The van der Waals surface area contributed by atoms with Crippen molar-refractivity contribution in [3.05, 3.63) is 29.8 Å². The molecule has 0 fully saturated rings. The molecule has 1 amide bonds. The van der Waals surface area contributed by atoms with Crippen LogP contribution < -0.4 is 19.5 Å². The average Bonchev–Trinajstić information content (AvgIpc) is 3.31. The standard InChI is InChI=1S/C18H19F3N4O4/c1-10(29-12-3-4-13-14(6-12)28-9-27-13)17(26)22-7-16-24-23-15-5-2-11(8-25(15)16)18(19,20)21/h3-4,6,10-11H,2,5,7-9H2,1H3,(H,22,26)/t10-,11-/m1/s1. The topological polar surface area (TPSA) is 87.5 Å². The molecule has 2 aliphatic heterocycles. The molecule has 0 aliphatic carbocycles. The Bertz CT molecular complexity index is 915. The number of hydrogen-bond acceptors (Lipinski definition) is 6. The monoisotopic (exact) mass is 412 g/mol. The predicted molar refractivity (Wildman–Crippen MR) is 92.4 cm³/mol. The van der Waals surface area contributed by atoms with Gasteiger partial charge in [-0.05, 0) is 25.5 Å². The quantitative estimate of drug-likeness (QED) is 0.810. The normalized spacial score (nSPS) is 18.8. The van der Waals surface area contributed by atoms with Crippen LogP contribution in [0.15, 0.2) is 18.2 Å². The van der Waals surface area contributed by atoms with Crippen molar-refractivity contribution in [2.24, 2.45) is 5.92 Å². The molecule has 0 spiro atoms. The molecule has 0 radical (unpaired) electrons. The number of fused-ring (bicyclic) bond motifs is 2. The van der Waals surface area contributed by atoms with Crippen molar-refractivity contribution in [1.29, 1.82) is 0 Å². The Hall–Kier alpha value is -2.98.